The summed E-state index contributed by atoms with van der Waals surface area (Å²) in [4.78, 5) is 12.0. The Bertz CT molecular complexity index is 611. The lowest BCUT2D eigenvalue weighted by Crippen LogP contribution is -2.11. The number of rotatable bonds is 4. The number of carbonyl (C=O) groups is 1. The monoisotopic (exact) mass is 291 g/mol. The van der Waals surface area contributed by atoms with Crippen LogP contribution in [0.15, 0.2) is 42.5 Å². The second-order valence-corrected chi connectivity index (χ2v) is 4.70. The zero-order valence-corrected chi connectivity index (χ0v) is 11.4. The summed E-state index contributed by atoms with van der Waals surface area (Å²) in [7, 11) is 0. The number of benzene rings is 2. The topological polar surface area (TPSA) is 69.6 Å². The fourth-order valence-corrected chi connectivity index (χ4v) is 1.92. The van der Waals surface area contributed by atoms with Gasteiger partial charge in [0.25, 0.3) is 5.91 Å². The summed E-state index contributed by atoms with van der Waals surface area (Å²) >= 11 is 5.76. The summed E-state index contributed by atoms with van der Waals surface area (Å²) in [6, 6.07) is 11.5. The van der Waals surface area contributed by atoms with Crippen LogP contribution in [0.4, 0.5) is 5.69 Å². The number of nitrogens with one attached hydrogen (secondary N) is 1. The lowest BCUT2D eigenvalue weighted by molar-refractivity contribution is 0.102. The summed E-state index contributed by atoms with van der Waals surface area (Å²) in [5, 5.41) is 21.0. The number of phenols is 1. The van der Waals surface area contributed by atoms with Crippen LogP contribution in [-0.4, -0.2) is 22.7 Å². The van der Waals surface area contributed by atoms with Crippen LogP contribution < -0.4 is 5.32 Å². The number of carbonyl (C=O) groups excluding carboxylic acids is 1. The molecule has 4 nitrogen and oxygen atoms in total. The largest absolute Gasteiger partial charge is 0.506 e. The molecule has 0 aromatic heterocycles. The first-order valence-electron chi connectivity index (χ1n) is 6.10. The first kappa shape index (κ1) is 14.4. The van der Waals surface area contributed by atoms with Crippen molar-refractivity contribution in [2.75, 3.05) is 11.9 Å². The zero-order chi connectivity index (χ0) is 14.5. The molecular weight excluding hydrogens is 278 g/mol. The van der Waals surface area contributed by atoms with Crippen LogP contribution in [0.1, 0.15) is 15.9 Å². The van der Waals surface area contributed by atoms with Crippen molar-refractivity contribution < 1.29 is 15.0 Å². The molecule has 0 aliphatic rings. The van der Waals surface area contributed by atoms with Crippen LogP contribution in [0, 0.1) is 0 Å². The van der Waals surface area contributed by atoms with Crippen LogP contribution in [0.25, 0.3) is 0 Å². The molecule has 0 saturated carbocycles. The number of hydrogen-bond donors (Lipinski definition) is 3. The van der Waals surface area contributed by atoms with Gasteiger partial charge in [-0.05, 0) is 42.3 Å². The number of amides is 1. The van der Waals surface area contributed by atoms with Crippen molar-refractivity contribution >= 4 is 23.2 Å². The van der Waals surface area contributed by atoms with E-state index in [1.807, 2.05) is 12.1 Å². The number of aliphatic hydroxyl groups is 1. The second-order valence-electron chi connectivity index (χ2n) is 4.29. The summed E-state index contributed by atoms with van der Waals surface area (Å²) in [5.74, 6) is -0.363. The molecule has 0 bridgehead atoms. The minimum Gasteiger partial charge on any atom is -0.506 e. The fourth-order valence-electron chi connectivity index (χ4n) is 1.74. The van der Waals surface area contributed by atoms with E-state index in [0.29, 0.717) is 17.7 Å². The van der Waals surface area contributed by atoms with Gasteiger partial charge in [-0.25, -0.2) is 0 Å². The molecule has 0 spiro atoms. The first-order chi connectivity index (χ1) is 9.60. The summed E-state index contributed by atoms with van der Waals surface area (Å²) in [5.41, 5.74) is 2.02. The van der Waals surface area contributed by atoms with Crippen LogP contribution >= 0.6 is 11.6 Å². The number of aromatic hydroxyl groups is 1. The van der Waals surface area contributed by atoms with E-state index in [0.717, 1.165) is 5.56 Å². The predicted octanol–water partition coefficient (Wildman–Crippen LogP) is 2.83. The molecular formula is C15H14ClNO3. The molecule has 2 aromatic rings. The third-order valence-corrected chi connectivity index (χ3v) is 3.12. The number of hydrogen-bond acceptors (Lipinski definition) is 3. The van der Waals surface area contributed by atoms with Crippen molar-refractivity contribution in [1.82, 2.24) is 0 Å². The number of aliphatic hydroxyl groups excluding tert-OH is 1. The van der Waals surface area contributed by atoms with Gasteiger partial charge >= 0.3 is 0 Å². The molecule has 0 fully saturated rings. The molecule has 2 rings (SSSR count). The molecule has 0 saturated heterocycles. The average Bonchev–Trinajstić information content (AvgIpc) is 2.44. The molecule has 0 aliphatic heterocycles. The number of halogens is 1. The maximum Gasteiger partial charge on any atom is 0.255 e. The van der Waals surface area contributed by atoms with E-state index >= 15 is 0 Å². The molecule has 0 aliphatic carbocycles. The Morgan fingerprint density at radius 1 is 1.15 bits per heavy atom. The summed E-state index contributed by atoms with van der Waals surface area (Å²) < 4.78 is 0. The average molecular weight is 292 g/mol. The quantitative estimate of drug-likeness (QED) is 0.811. The summed E-state index contributed by atoms with van der Waals surface area (Å²) in [6.45, 7) is 0.0950. The number of anilines is 1. The SMILES string of the molecule is O=C(Nc1ccc(CCO)cc1)c1ccc(O)c(Cl)c1. The second kappa shape index (κ2) is 6.41. The molecule has 1 amide bonds. The van der Waals surface area contributed by atoms with Gasteiger partial charge in [-0.2, -0.15) is 0 Å². The van der Waals surface area contributed by atoms with Crippen molar-refractivity contribution in [3.05, 3.63) is 58.6 Å². The molecule has 0 heterocycles. The van der Waals surface area contributed by atoms with Crippen LogP contribution in [-0.2, 0) is 6.42 Å². The maximum atomic E-state index is 12.0. The van der Waals surface area contributed by atoms with E-state index in [2.05, 4.69) is 5.32 Å². The standard InChI is InChI=1S/C15H14ClNO3/c16-13-9-11(3-6-14(13)19)15(20)17-12-4-1-10(2-5-12)7-8-18/h1-6,9,18-19H,7-8H2,(H,17,20). The number of phenolic OH excluding ortho intramolecular Hbond substituents is 1. The van der Waals surface area contributed by atoms with Gasteiger partial charge < -0.3 is 15.5 Å². The molecule has 104 valence electrons. The molecule has 0 atom stereocenters. The highest BCUT2D eigenvalue weighted by molar-refractivity contribution is 6.32. The smallest absolute Gasteiger partial charge is 0.255 e. The zero-order valence-electron chi connectivity index (χ0n) is 10.6. The minimum absolute atomic E-state index is 0.0587. The maximum absolute atomic E-state index is 12.0. The lowest BCUT2D eigenvalue weighted by Gasteiger charge is -2.07. The van der Waals surface area contributed by atoms with Crippen LogP contribution in [0.2, 0.25) is 5.02 Å². The Morgan fingerprint density at radius 2 is 1.85 bits per heavy atom. The molecule has 20 heavy (non-hydrogen) atoms. The normalized spacial score (nSPS) is 10.3. The minimum atomic E-state index is -0.304. The van der Waals surface area contributed by atoms with Gasteiger partial charge in [0.15, 0.2) is 0 Å². The Balaban J connectivity index is 2.08. The van der Waals surface area contributed by atoms with Gasteiger partial charge in [-0.1, -0.05) is 23.7 Å². The Morgan fingerprint density at radius 3 is 2.45 bits per heavy atom. The van der Waals surface area contributed by atoms with Gasteiger partial charge in [0, 0.05) is 17.9 Å². The van der Waals surface area contributed by atoms with Gasteiger partial charge in [0.05, 0.1) is 5.02 Å². The van der Waals surface area contributed by atoms with Crippen LogP contribution in [0.5, 0.6) is 5.75 Å². The molecule has 5 heteroatoms. The highest BCUT2D eigenvalue weighted by Gasteiger charge is 2.08. The third kappa shape index (κ3) is 3.50. The van der Waals surface area contributed by atoms with E-state index in [-0.39, 0.29) is 23.3 Å². The van der Waals surface area contributed by atoms with Gasteiger partial charge in [0.1, 0.15) is 5.75 Å². The van der Waals surface area contributed by atoms with Crippen LogP contribution in [0.3, 0.4) is 0 Å². The summed E-state index contributed by atoms with van der Waals surface area (Å²) in [6.07, 6.45) is 0.585. The first-order valence-corrected chi connectivity index (χ1v) is 6.47. The molecule has 0 radical (unpaired) electrons. The Kier molecular flexibility index (Phi) is 4.61. The lowest BCUT2D eigenvalue weighted by atomic mass is 10.1. The molecule has 2 aromatic carbocycles. The van der Waals surface area contributed by atoms with E-state index in [9.17, 15) is 9.90 Å². The molecule has 0 unspecified atom stereocenters. The van der Waals surface area contributed by atoms with E-state index in [1.165, 1.54) is 18.2 Å². The Labute approximate surface area is 121 Å². The van der Waals surface area contributed by atoms with Gasteiger partial charge in [-0.15, -0.1) is 0 Å². The van der Waals surface area contributed by atoms with E-state index < -0.39 is 0 Å². The van der Waals surface area contributed by atoms with E-state index in [1.54, 1.807) is 12.1 Å². The third-order valence-electron chi connectivity index (χ3n) is 2.82. The molecule has 3 N–H and O–H groups in total. The van der Waals surface area contributed by atoms with Gasteiger partial charge in [0.2, 0.25) is 0 Å². The predicted molar refractivity (Wildman–Crippen MR) is 78.3 cm³/mol. The highest BCUT2D eigenvalue weighted by Crippen LogP contribution is 2.24. The highest BCUT2D eigenvalue weighted by atomic mass is 35.5. The Hall–Kier alpha value is -2.04. The van der Waals surface area contributed by atoms with E-state index in [4.69, 9.17) is 16.7 Å². The van der Waals surface area contributed by atoms with Gasteiger partial charge in [-0.3, -0.25) is 4.79 Å². The van der Waals surface area contributed by atoms with Crippen molar-refractivity contribution in [3.63, 3.8) is 0 Å². The van der Waals surface area contributed by atoms with Crippen molar-refractivity contribution in [1.29, 1.82) is 0 Å². The van der Waals surface area contributed by atoms with Crippen molar-refractivity contribution in [3.8, 4) is 5.75 Å². The van der Waals surface area contributed by atoms with Crippen molar-refractivity contribution in [2.24, 2.45) is 0 Å². The fraction of sp³-hybridized carbons (Fsp3) is 0.133. The van der Waals surface area contributed by atoms with Crippen molar-refractivity contribution in [2.45, 2.75) is 6.42 Å².